The first-order chi connectivity index (χ1) is 25.0. The lowest BCUT2D eigenvalue weighted by Gasteiger charge is -2.29. The van der Waals surface area contributed by atoms with E-state index < -0.39 is 16.8 Å². The fraction of sp³-hybridized carbons (Fsp3) is 0.480. The van der Waals surface area contributed by atoms with E-state index in [0.717, 1.165) is 40.7 Å². The molecule has 4 nitrogen and oxygen atoms in total. The minimum absolute atomic E-state index is 0.0359. The van der Waals surface area contributed by atoms with Crippen LogP contribution in [0.25, 0.3) is 0 Å². The number of rotatable bonds is 21. The normalized spacial score (nSPS) is 20.5. The average Bonchev–Trinajstić information content (AvgIpc) is 3.81. The molecule has 1 fully saturated rings. The fourth-order valence-corrected chi connectivity index (χ4v) is 5.64. The number of ether oxygens (including phenoxy) is 1. The summed E-state index contributed by atoms with van der Waals surface area (Å²) >= 11 is 0. The molecule has 1 heterocycles. The van der Waals surface area contributed by atoms with E-state index in [-0.39, 0.29) is 24.0 Å². The van der Waals surface area contributed by atoms with Crippen molar-refractivity contribution in [3.8, 4) is 0 Å². The van der Waals surface area contributed by atoms with Gasteiger partial charge in [0.15, 0.2) is 0 Å². The average molecular weight is 739 g/mol. The van der Waals surface area contributed by atoms with Gasteiger partial charge in [-0.25, -0.2) is 0 Å². The summed E-state index contributed by atoms with van der Waals surface area (Å²) in [6.45, 7) is 27.7. The quantitative estimate of drug-likeness (QED) is 0.0623. The second-order valence-electron chi connectivity index (χ2n) is 17.1. The molecule has 1 aliphatic heterocycles. The summed E-state index contributed by atoms with van der Waals surface area (Å²) in [7, 11) is 0. The van der Waals surface area contributed by atoms with Gasteiger partial charge in [0.05, 0.1) is 22.9 Å². The van der Waals surface area contributed by atoms with Gasteiger partial charge in [0.1, 0.15) is 6.10 Å². The minimum atomic E-state index is -0.846. The van der Waals surface area contributed by atoms with Crippen LogP contribution in [0.2, 0.25) is 0 Å². The summed E-state index contributed by atoms with van der Waals surface area (Å²) in [5.41, 5.74) is 5.79. The van der Waals surface area contributed by atoms with Crippen molar-refractivity contribution in [1.29, 1.82) is 0 Å². The summed E-state index contributed by atoms with van der Waals surface area (Å²) in [6.07, 6.45) is 41.9. The van der Waals surface area contributed by atoms with Gasteiger partial charge in [-0.15, -0.1) is 0 Å². The zero-order valence-electron chi connectivity index (χ0n) is 36.2. The van der Waals surface area contributed by atoms with Gasteiger partial charge in [-0.3, -0.25) is 0 Å². The van der Waals surface area contributed by atoms with Crippen molar-refractivity contribution in [3.63, 3.8) is 0 Å². The Morgan fingerprint density at radius 1 is 0.556 bits per heavy atom. The van der Waals surface area contributed by atoms with E-state index in [1.165, 1.54) is 11.1 Å². The molecule has 0 radical (unpaired) electrons. The molecule has 0 saturated carbocycles. The number of allylic oxidation sites excluding steroid dienone is 24. The van der Waals surface area contributed by atoms with Gasteiger partial charge >= 0.3 is 0 Å². The zero-order valence-corrected chi connectivity index (χ0v) is 36.2. The largest absolute Gasteiger partial charge is 0.390 e. The van der Waals surface area contributed by atoms with Crippen LogP contribution in [0, 0.1) is 11.8 Å². The van der Waals surface area contributed by atoms with Gasteiger partial charge in [-0.1, -0.05) is 149 Å². The van der Waals surface area contributed by atoms with Crippen LogP contribution in [-0.2, 0) is 4.74 Å². The van der Waals surface area contributed by atoms with Crippen molar-refractivity contribution in [1.82, 2.24) is 0 Å². The Hall–Kier alpha value is -3.54. The molecule has 3 N–H and O–H groups in total. The monoisotopic (exact) mass is 739 g/mol. The molecule has 0 aromatic heterocycles. The molecule has 1 saturated heterocycles. The van der Waals surface area contributed by atoms with Crippen LogP contribution in [0.4, 0.5) is 0 Å². The van der Waals surface area contributed by atoms with Crippen molar-refractivity contribution in [2.75, 3.05) is 0 Å². The second-order valence-corrected chi connectivity index (χ2v) is 17.1. The van der Waals surface area contributed by atoms with E-state index in [1.54, 1.807) is 13.8 Å². The lowest BCUT2D eigenvalue weighted by atomic mass is 9.83. The van der Waals surface area contributed by atoms with Gasteiger partial charge in [-0.05, 0) is 122 Å². The summed E-state index contributed by atoms with van der Waals surface area (Å²) in [6, 6.07) is 0. The van der Waals surface area contributed by atoms with Crippen LogP contribution in [0.5, 0.6) is 0 Å². The van der Waals surface area contributed by atoms with Crippen molar-refractivity contribution in [2.24, 2.45) is 11.8 Å². The highest BCUT2D eigenvalue weighted by molar-refractivity contribution is 5.33. The second kappa shape index (κ2) is 23.4. The maximum atomic E-state index is 10.7. The van der Waals surface area contributed by atoms with Crippen LogP contribution in [-0.4, -0.2) is 44.3 Å². The van der Waals surface area contributed by atoms with Crippen molar-refractivity contribution < 1.29 is 20.1 Å². The van der Waals surface area contributed by atoms with E-state index >= 15 is 0 Å². The number of hydrogen-bond acceptors (Lipinski definition) is 4. The highest BCUT2D eigenvalue weighted by Gasteiger charge is 2.49. The van der Waals surface area contributed by atoms with Crippen LogP contribution < -0.4 is 0 Å². The minimum Gasteiger partial charge on any atom is -0.390 e. The SMILES string of the molecule is CC(C)=CCC(C1OC1/C(C)=C/C=C/C(C)=C/C=C/C(C)=C/C=C/C=C(C)/C=C/C=C(C)/C=C/C=C(C)/C=C/[C@H](CCC(C)(C)O)C(C)(C)O)C(C)(C)O. The van der Waals surface area contributed by atoms with Gasteiger partial charge in [-0.2, -0.15) is 0 Å². The number of hydrogen-bond donors (Lipinski definition) is 3. The molecule has 3 unspecified atom stereocenters. The first-order valence-electron chi connectivity index (χ1n) is 19.6. The number of epoxide rings is 1. The molecule has 54 heavy (non-hydrogen) atoms. The maximum Gasteiger partial charge on any atom is 0.106 e. The van der Waals surface area contributed by atoms with Gasteiger partial charge in [0.2, 0.25) is 0 Å². The fourth-order valence-electron chi connectivity index (χ4n) is 5.64. The zero-order chi connectivity index (χ0) is 41.1. The van der Waals surface area contributed by atoms with E-state index in [1.807, 2.05) is 46.8 Å². The molecule has 0 bridgehead atoms. The van der Waals surface area contributed by atoms with Gasteiger partial charge in [0, 0.05) is 11.8 Å². The molecule has 1 rings (SSSR count). The lowest BCUT2D eigenvalue weighted by molar-refractivity contribution is 0.00579. The van der Waals surface area contributed by atoms with Gasteiger partial charge < -0.3 is 20.1 Å². The molecule has 0 amide bonds. The third-order valence-electron chi connectivity index (χ3n) is 9.33. The summed E-state index contributed by atoms with van der Waals surface area (Å²) in [4.78, 5) is 0. The van der Waals surface area contributed by atoms with Crippen LogP contribution >= 0.6 is 0 Å². The molecule has 0 aromatic carbocycles. The molecule has 298 valence electrons. The predicted molar refractivity (Wildman–Crippen MR) is 235 cm³/mol. The van der Waals surface area contributed by atoms with E-state index in [9.17, 15) is 15.3 Å². The third-order valence-corrected chi connectivity index (χ3v) is 9.33. The Morgan fingerprint density at radius 3 is 1.35 bits per heavy atom. The molecular formula is C50H74O4. The van der Waals surface area contributed by atoms with Crippen LogP contribution in [0.1, 0.15) is 116 Å². The van der Waals surface area contributed by atoms with Crippen molar-refractivity contribution in [3.05, 3.63) is 154 Å². The lowest BCUT2D eigenvalue weighted by Crippen LogP contribution is -2.35. The Kier molecular flexibility index (Phi) is 21.0. The Bertz CT molecular complexity index is 1580. The van der Waals surface area contributed by atoms with Crippen molar-refractivity contribution in [2.45, 2.75) is 145 Å². The van der Waals surface area contributed by atoms with E-state index in [0.29, 0.717) is 6.42 Å². The van der Waals surface area contributed by atoms with E-state index in [4.69, 9.17) is 4.74 Å². The Labute approximate surface area is 330 Å². The molecule has 4 heteroatoms. The highest BCUT2D eigenvalue weighted by Crippen LogP contribution is 2.41. The topological polar surface area (TPSA) is 73.2 Å². The molecule has 0 aliphatic carbocycles. The van der Waals surface area contributed by atoms with E-state index in [2.05, 4.69) is 152 Å². The first kappa shape index (κ1) is 48.5. The summed E-state index contributed by atoms with van der Waals surface area (Å²) in [5.74, 6) is 0.0308. The highest BCUT2D eigenvalue weighted by atomic mass is 16.6. The Balaban J connectivity index is 2.64. The smallest absolute Gasteiger partial charge is 0.106 e. The van der Waals surface area contributed by atoms with Crippen molar-refractivity contribution >= 4 is 0 Å². The molecule has 4 atom stereocenters. The molecule has 0 aromatic rings. The van der Waals surface area contributed by atoms with Gasteiger partial charge in [0.25, 0.3) is 0 Å². The molecular weight excluding hydrogens is 665 g/mol. The number of aliphatic hydroxyl groups is 3. The standard InChI is InChI=1S/C50H74O4/c1-37(2)31-34-45(50(13,14)53)47-46(54-47)43(8)30-20-29-41(6)26-18-24-39(4)22-16-15-21-38(3)23-17-25-40(5)27-19-28-42(7)32-33-44(49(11,12)52)35-36-48(9,10)51/h15-33,44-47,51-53H,34-36H2,1-14H3/b16-15+,23-17+,24-18+,27-19+,29-20+,33-32+,38-21+,39-22+,40-25+,41-26+,42-28+,43-30+/t44-,45?,46?,47?/m1/s1. The first-order valence-corrected chi connectivity index (χ1v) is 19.6. The predicted octanol–water partition coefficient (Wildman–Crippen LogP) is 12.5. The summed E-state index contributed by atoms with van der Waals surface area (Å²) in [5, 5.41) is 31.4. The van der Waals surface area contributed by atoms with Crippen LogP contribution in [0.3, 0.4) is 0 Å². The maximum absolute atomic E-state index is 10.7. The van der Waals surface area contributed by atoms with Crippen LogP contribution in [0.15, 0.2) is 154 Å². The molecule has 0 spiro atoms. The third kappa shape index (κ3) is 22.6. The Morgan fingerprint density at radius 2 is 0.963 bits per heavy atom. The molecule has 1 aliphatic rings. The summed E-state index contributed by atoms with van der Waals surface area (Å²) < 4.78 is 6.02.